The fourth-order valence-electron chi connectivity index (χ4n) is 4.74. The van der Waals surface area contributed by atoms with Gasteiger partial charge in [0.25, 0.3) is 0 Å². The number of nitrogens with zero attached hydrogens (tertiary/aromatic N) is 2. The average molecular weight is 463 g/mol. The summed E-state index contributed by atoms with van der Waals surface area (Å²) in [6.07, 6.45) is 2.84. The highest BCUT2D eigenvalue weighted by molar-refractivity contribution is 7.89. The molecule has 31 heavy (non-hydrogen) atoms. The van der Waals surface area contributed by atoms with Crippen molar-refractivity contribution in [3.8, 4) is 5.75 Å². The molecular weight excluding hydrogens is 432 g/mol. The second-order valence-corrected chi connectivity index (χ2v) is 11.1. The first kappa shape index (κ1) is 22.6. The summed E-state index contributed by atoms with van der Waals surface area (Å²) in [5.74, 6) is 1.45. The molecule has 7 heteroatoms. The Bertz CT molecular complexity index is 1060. The summed E-state index contributed by atoms with van der Waals surface area (Å²) in [5.41, 5.74) is 4.26. The number of hydrogen-bond acceptors (Lipinski definition) is 4. The van der Waals surface area contributed by atoms with Gasteiger partial charge in [0, 0.05) is 37.7 Å². The third kappa shape index (κ3) is 4.77. The van der Waals surface area contributed by atoms with Crippen molar-refractivity contribution in [3.63, 3.8) is 0 Å². The van der Waals surface area contributed by atoms with E-state index in [2.05, 4.69) is 17.0 Å². The molecule has 5 nitrogen and oxygen atoms in total. The standard InChI is InChI=1S/C24H31ClN2O3S/c1-17-13-24(18(2)12-23(17)25)31(28,29)27-10-6-19(7-11-27)15-26-9-8-20-14-22(30-3)5-4-21(20)16-26/h4-5,12-14,19H,6-11,15-16H2,1-3H3. The van der Waals surface area contributed by atoms with Gasteiger partial charge in [-0.15, -0.1) is 0 Å². The third-order valence-electron chi connectivity index (χ3n) is 6.67. The number of benzene rings is 2. The van der Waals surface area contributed by atoms with E-state index in [1.807, 2.05) is 19.9 Å². The summed E-state index contributed by atoms with van der Waals surface area (Å²) >= 11 is 6.16. The number of methoxy groups -OCH3 is 1. The zero-order valence-electron chi connectivity index (χ0n) is 18.5. The van der Waals surface area contributed by atoms with Crippen molar-refractivity contribution in [2.45, 2.75) is 44.6 Å². The van der Waals surface area contributed by atoms with Crippen molar-refractivity contribution >= 4 is 21.6 Å². The Hall–Kier alpha value is -1.60. The molecular formula is C24H31ClN2O3S. The van der Waals surface area contributed by atoms with Gasteiger partial charge in [-0.1, -0.05) is 17.7 Å². The first-order chi connectivity index (χ1) is 14.8. The van der Waals surface area contributed by atoms with Gasteiger partial charge in [-0.05, 0) is 85.5 Å². The summed E-state index contributed by atoms with van der Waals surface area (Å²) in [7, 11) is -1.78. The lowest BCUT2D eigenvalue weighted by molar-refractivity contribution is 0.171. The van der Waals surface area contributed by atoms with Gasteiger partial charge in [0.2, 0.25) is 10.0 Å². The molecule has 2 heterocycles. The maximum Gasteiger partial charge on any atom is 0.243 e. The van der Waals surface area contributed by atoms with Crippen LogP contribution in [0.15, 0.2) is 35.2 Å². The molecule has 0 aliphatic carbocycles. The monoisotopic (exact) mass is 462 g/mol. The molecule has 0 amide bonds. The number of ether oxygens (including phenoxy) is 1. The van der Waals surface area contributed by atoms with Gasteiger partial charge in [-0.2, -0.15) is 4.31 Å². The molecule has 1 fully saturated rings. The third-order valence-corrected chi connectivity index (χ3v) is 9.12. The van der Waals surface area contributed by atoms with Crippen LogP contribution in [0, 0.1) is 19.8 Å². The zero-order chi connectivity index (χ0) is 22.2. The lowest BCUT2D eigenvalue weighted by Crippen LogP contribution is -2.42. The van der Waals surface area contributed by atoms with E-state index in [1.54, 1.807) is 23.5 Å². The van der Waals surface area contributed by atoms with E-state index in [9.17, 15) is 8.42 Å². The Kier molecular flexibility index (Phi) is 6.63. The smallest absolute Gasteiger partial charge is 0.243 e. The lowest BCUT2D eigenvalue weighted by Gasteiger charge is -2.36. The largest absolute Gasteiger partial charge is 0.497 e. The molecule has 2 aliphatic rings. The predicted octanol–water partition coefficient (Wildman–Crippen LogP) is 4.42. The Morgan fingerprint density at radius 1 is 1.03 bits per heavy atom. The second kappa shape index (κ2) is 9.10. The van der Waals surface area contributed by atoms with Crippen LogP contribution in [0.3, 0.4) is 0 Å². The van der Waals surface area contributed by atoms with Crippen LogP contribution in [0.4, 0.5) is 0 Å². The van der Waals surface area contributed by atoms with Crippen LogP contribution >= 0.6 is 11.6 Å². The van der Waals surface area contributed by atoms with Gasteiger partial charge in [-0.25, -0.2) is 8.42 Å². The maximum absolute atomic E-state index is 13.2. The Balaban J connectivity index is 1.36. The summed E-state index contributed by atoms with van der Waals surface area (Å²) in [6.45, 7) is 7.85. The fraction of sp³-hybridized carbons (Fsp3) is 0.500. The quantitative estimate of drug-likeness (QED) is 0.659. The summed E-state index contributed by atoms with van der Waals surface area (Å²) < 4.78 is 33.4. The number of hydrogen-bond donors (Lipinski definition) is 0. The SMILES string of the molecule is COc1ccc2c(c1)CCN(CC1CCN(S(=O)(=O)c3cc(C)c(Cl)cc3C)CC1)C2. The minimum atomic E-state index is -3.49. The molecule has 0 aromatic heterocycles. The summed E-state index contributed by atoms with van der Waals surface area (Å²) in [5, 5.41) is 0.608. The molecule has 2 aromatic carbocycles. The van der Waals surface area contributed by atoms with Gasteiger partial charge in [-0.3, -0.25) is 4.90 Å². The highest BCUT2D eigenvalue weighted by Gasteiger charge is 2.31. The Labute approximate surface area is 191 Å². The van der Waals surface area contributed by atoms with Crippen LogP contribution in [0.25, 0.3) is 0 Å². The molecule has 0 bridgehead atoms. The zero-order valence-corrected chi connectivity index (χ0v) is 20.1. The normalized spacial score (nSPS) is 18.7. The molecule has 168 valence electrons. The molecule has 2 aromatic rings. The van der Waals surface area contributed by atoms with Crippen molar-refractivity contribution in [1.29, 1.82) is 0 Å². The second-order valence-electron chi connectivity index (χ2n) is 8.83. The van der Waals surface area contributed by atoms with Crippen LogP contribution in [-0.4, -0.2) is 50.9 Å². The van der Waals surface area contributed by atoms with Crippen molar-refractivity contribution < 1.29 is 13.2 Å². The minimum Gasteiger partial charge on any atom is -0.497 e. The number of fused-ring (bicyclic) bond motifs is 1. The molecule has 0 unspecified atom stereocenters. The fourth-order valence-corrected chi connectivity index (χ4v) is 6.72. The summed E-state index contributed by atoms with van der Waals surface area (Å²) in [6, 6.07) is 9.81. The van der Waals surface area contributed by atoms with E-state index in [0.717, 1.165) is 50.2 Å². The van der Waals surface area contributed by atoms with Crippen molar-refractivity contribution in [2.75, 3.05) is 33.3 Å². The van der Waals surface area contributed by atoms with E-state index in [4.69, 9.17) is 16.3 Å². The van der Waals surface area contributed by atoms with Crippen LogP contribution < -0.4 is 4.74 Å². The molecule has 0 saturated carbocycles. The minimum absolute atomic E-state index is 0.385. The molecule has 0 N–H and O–H groups in total. The number of aryl methyl sites for hydroxylation is 2. The van der Waals surface area contributed by atoms with Crippen molar-refractivity contribution in [1.82, 2.24) is 9.21 Å². The van der Waals surface area contributed by atoms with E-state index in [0.29, 0.717) is 34.5 Å². The lowest BCUT2D eigenvalue weighted by atomic mass is 9.94. The van der Waals surface area contributed by atoms with E-state index in [-0.39, 0.29) is 0 Å². The highest BCUT2D eigenvalue weighted by Crippen LogP contribution is 2.30. The van der Waals surface area contributed by atoms with E-state index in [1.165, 1.54) is 11.1 Å². The van der Waals surface area contributed by atoms with E-state index >= 15 is 0 Å². The van der Waals surface area contributed by atoms with Crippen LogP contribution in [0.5, 0.6) is 5.75 Å². The molecule has 0 spiro atoms. The van der Waals surface area contributed by atoms with Crippen molar-refractivity contribution in [3.05, 3.63) is 57.6 Å². The van der Waals surface area contributed by atoms with Gasteiger partial charge >= 0.3 is 0 Å². The topological polar surface area (TPSA) is 49.9 Å². The van der Waals surface area contributed by atoms with Crippen LogP contribution in [-0.2, 0) is 23.0 Å². The highest BCUT2D eigenvalue weighted by atomic mass is 35.5. The molecule has 2 aliphatic heterocycles. The number of piperidine rings is 1. The van der Waals surface area contributed by atoms with Gasteiger partial charge in [0.05, 0.1) is 12.0 Å². The summed E-state index contributed by atoms with van der Waals surface area (Å²) in [4.78, 5) is 2.90. The molecule has 4 rings (SSSR count). The number of sulfonamides is 1. The molecule has 0 radical (unpaired) electrons. The van der Waals surface area contributed by atoms with Gasteiger partial charge < -0.3 is 4.74 Å². The van der Waals surface area contributed by atoms with Gasteiger partial charge in [0.15, 0.2) is 0 Å². The maximum atomic E-state index is 13.2. The van der Waals surface area contributed by atoms with Crippen molar-refractivity contribution in [2.24, 2.45) is 5.92 Å². The van der Waals surface area contributed by atoms with E-state index < -0.39 is 10.0 Å². The first-order valence-corrected chi connectivity index (χ1v) is 12.7. The molecule has 1 saturated heterocycles. The Morgan fingerprint density at radius 3 is 2.48 bits per heavy atom. The first-order valence-electron chi connectivity index (χ1n) is 10.9. The number of rotatable bonds is 5. The van der Waals surface area contributed by atoms with Crippen LogP contribution in [0.2, 0.25) is 5.02 Å². The Morgan fingerprint density at radius 2 is 1.77 bits per heavy atom. The van der Waals surface area contributed by atoms with Gasteiger partial charge in [0.1, 0.15) is 5.75 Å². The predicted molar refractivity (Wildman–Crippen MR) is 124 cm³/mol. The average Bonchev–Trinajstić information content (AvgIpc) is 2.76. The van der Waals surface area contributed by atoms with Crippen LogP contribution in [0.1, 0.15) is 35.1 Å². The molecule has 0 atom stereocenters. The number of halogens is 1.